The van der Waals surface area contributed by atoms with Gasteiger partial charge in [-0.3, -0.25) is 0 Å². The molecule has 104 valence electrons. The molecule has 2 saturated carbocycles. The quantitative estimate of drug-likeness (QED) is 0.748. The van der Waals surface area contributed by atoms with E-state index < -0.39 is 0 Å². The molecule has 2 aliphatic rings. The zero-order chi connectivity index (χ0) is 13.2. The Hall–Kier alpha value is -0.310. The fraction of sp³-hybridized carbons (Fsp3) is 0.933. The van der Waals surface area contributed by atoms with Crippen molar-refractivity contribution in [1.29, 1.82) is 0 Å². The smallest absolute Gasteiger partial charge is 0.166 e. The summed E-state index contributed by atoms with van der Waals surface area (Å²) in [5, 5.41) is 7.95. The van der Waals surface area contributed by atoms with Gasteiger partial charge in [-0.25, -0.2) is 0 Å². The van der Waals surface area contributed by atoms with Crippen LogP contribution < -0.4 is 10.6 Å². The minimum absolute atomic E-state index is 0.491. The monoisotopic (exact) mass is 268 g/mol. The molecule has 3 heteroatoms. The Morgan fingerprint density at radius 2 is 1.83 bits per heavy atom. The summed E-state index contributed by atoms with van der Waals surface area (Å²) in [4.78, 5) is 0. The average molecular weight is 268 g/mol. The summed E-state index contributed by atoms with van der Waals surface area (Å²) in [6, 6.07) is 1.17. The van der Waals surface area contributed by atoms with Gasteiger partial charge in [-0.05, 0) is 55.7 Å². The lowest BCUT2D eigenvalue weighted by Gasteiger charge is -2.31. The Kier molecular flexibility index (Phi) is 4.52. The molecular weight excluding hydrogens is 240 g/mol. The highest BCUT2D eigenvalue weighted by Crippen LogP contribution is 2.36. The first-order chi connectivity index (χ1) is 8.46. The van der Waals surface area contributed by atoms with Crippen LogP contribution in [0.3, 0.4) is 0 Å². The summed E-state index contributed by atoms with van der Waals surface area (Å²) < 4.78 is 0. The molecule has 2 rings (SSSR count). The molecule has 3 atom stereocenters. The van der Waals surface area contributed by atoms with Crippen molar-refractivity contribution in [2.45, 2.75) is 77.8 Å². The van der Waals surface area contributed by atoms with Crippen molar-refractivity contribution in [2.75, 3.05) is 0 Å². The van der Waals surface area contributed by atoms with Gasteiger partial charge in [-0.2, -0.15) is 0 Å². The largest absolute Gasteiger partial charge is 0.360 e. The van der Waals surface area contributed by atoms with Crippen molar-refractivity contribution in [2.24, 2.45) is 11.3 Å². The fourth-order valence-electron chi connectivity index (χ4n) is 3.49. The standard InChI is InChI=1S/C15H28N2S/c1-11-6-4-5-7-13(11)17-14(18)16-12-8-9-15(2,3)10-12/h11-13H,4-10H2,1-3H3,(H2,16,17,18). The topological polar surface area (TPSA) is 24.1 Å². The number of rotatable bonds is 2. The summed E-state index contributed by atoms with van der Waals surface area (Å²) in [6.07, 6.45) is 9.17. The maximum absolute atomic E-state index is 5.48. The maximum atomic E-state index is 5.48. The Morgan fingerprint density at radius 3 is 2.44 bits per heavy atom. The molecule has 2 nitrogen and oxygen atoms in total. The zero-order valence-corrected chi connectivity index (χ0v) is 12.9. The van der Waals surface area contributed by atoms with Crippen LogP contribution in [0.25, 0.3) is 0 Å². The highest BCUT2D eigenvalue weighted by molar-refractivity contribution is 7.80. The average Bonchev–Trinajstić information content (AvgIpc) is 2.61. The van der Waals surface area contributed by atoms with Crippen molar-refractivity contribution >= 4 is 17.3 Å². The molecule has 0 aliphatic heterocycles. The molecule has 0 aromatic heterocycles. The molecule has 2 aliphatic carbocycles. The molecule has 0 saturated heterocycles. The summed E-state index contributed by atoms with van der Waals surface area (Å²) in [5.41, 5.74) is 0.491. The van der Waals surface area contributed by atoms with Gasteiger partial charge in [0.15, 0.2) is 5.11 Å². The molecule has 18 heavy (non-hydrogen) atoms. The molecule has 2 N–H and O–H groups in total. The van der Waals surface area contributed by atoms with Crippen molar-refractivity contribution in [3.8, 4) is 0 Å². The summed E-state index contributed by atoms with van der Waals surface area (Å²) in [7, 11) is 0. The lowest BCUT2D eigenvalue weighted by molar-refractivity contribution is 0.307. The van der Waals surface area contributed by atoms with Crippen molar-refractivity contribution in [3.05, 3.63) is 0 Å². The van der Waals surface area contributed by atoms with Gasteiger partial charge in [0.25, 0.3) is 0 Å². The molecule has 0 heterocycles. The van der Waals surface area contributed by atoms with Crippen LogP contribution >= 0.6 is 12.2 Å². The third kappa shape index (κ3) is 3.84. The van der Waals surface area contributed by atoms with Crippen LogP contribution in [-0.2, 0) is 0 Å². The zero-order valence-electron chi connectivity index (χ0n) is 12.1. The minimum atomic E-state index is 0.491. The van der Waals surface area contributed by atoms with Gasteiger partial charge in [-0.1, -0.05) is 33.6 Å². The van der Waals surface area contributed by atoms with Crippen molar-refractivity contribution < 1.29 is 0 Å². The molecule has 0 aromatic carbocycles. The van der Waals surface area contributed by atoms with Crippen LogP contribution in [0, 0.1) is 11.3 Å². The highest BCUT2D eigenvalue weighted by Gasteiger charge is 2.31. The molecular formula is C15H28N2S. The number of thiocarbonyl (C=S) groups is 1. The van der Waals surface area contributed by atoms with Gasteiger partial charge in [0.2, 0.25) is 0 Å². The summed E-state index contributed by atoms with van der Waals surface area (Å²) in [6.45, 7) is 7.06. The molecule has 0 bridgehead atoms. The Morgan fingerprint density at radius 1 is 1.11 bits per heavy atom. The van der Waals surface area contributed by atoms with E-state index in [1.54, 1.807) is 0 Å². The molecule has 2 fully saturated rings. The minimum Gasteiger partial charge on any atom is -0.360 e. The second-order valence-corrected chi connectivity index (χ2v) is 7.50. The number of nitrogens with one attached hydrogen (secondary N) is 2. The van der Waals surface area contributed by atoms with Gasteiger partial charge >= 0.3 is 0 Å². The van der Waals surface area contributed by atoms with Gasteiger partial charge in [0.05, 0.1) is 0 Å². The third-order valence-corrected chi connectivity index (χ3v) is 4.97. The van der Waals surface area contributed by atoms with Gasteiger partial charge in [0, 0.05) is 12.1 Å². The molecule has 0 aromatic rings. The Labute approximate surface area is 117 Å². The van der Waals surface area contributed by atoms with Gasteiger partial charge in [0.1, 0.15) is 0 Å². The van der Waals surface area contributed by atoms with E-state index in [0.717, 1.165) is 11.0 Å². The number of hydrogen-bond donors (Lipinski definition) is 2. The normalized spacial score (nSPS) is 35.2. The molecule has 0 radical (unpaired) electrons. The first-order valence-electron chi connectivity index (χ1n) is 7.53. The second-order valence-electron chi connectivity index (χ2n) is 7.09. The summed E-state index contributed by atoms with van der Waals surface area (Å²) in [5.74, 6) is 0.763. The van der Waals surface area contributed by atoms with E-state index in [0.29, 0.717) is 17.5 Å². The van der Waals surface area contributed by atoms with E-state index in [2.05, 4.69) is 31.4 Å². The first-order valence-corrected chi connectivity index (χ1v) is 7.94. The van der Waals surface area contributed by atoms with Gasteiger partial charge in [-0.15, -0.1) is 0 Å². The van der Waals surface area contributed by atoms with E-state index in [1.807, 2.05) is 0 Å². The lowest BCUT2D eigenvalue weighted by Crippen LogP contribution is -2.48. The Balaban J connectivity index is 1.75. The predicted molar refractivity (Wildman–Crippen MR) is 81.7 cm³/mol. The maximum Gasteiger partial charge on any atom is 0.166 e. The van der Waals surface area contributed by atoms with Gasteiger partial charge < -0.3 is 10.6 Å². The summed E-state index contributed by atoms with van der Waals surface area (Å²) >= 11 is 5.48. The van der Waals surface area contributed by atoms with Crippen LogP contribution in [-0.4, -0.2) is 17.2 Å². The fourth-order valence-corrected chi connectivity index (χ4v) is 3.80. The van der Waals surface area contributed by atoms with Crippen LogP contribution in [0.4, 0.5) is 0 Å². The highest BCUT2D eigenvalue weighted by atomic mass is 32.1. The van der Waals surface area contributed by atoms with Crippen LogP contribution in [0.1, 0.15) is 65.7 Å². The Bertz CT molecular complexity index is 301. The predicted octanol–water partition coefficient (Wildman–Crippen LogP) is 3.61. The van der Waals surface area contributed by atoms with E-state index in [1.165, 1.54) is 44.9 Å². The van der Waals surface area contributed by atoms with Crippen LogP contribution in [0.15, 0.2) is 0 Å². The number of hydrogen-bond acceptors (Lipinski definition) is 1. The lowest BCUT2D eigenvalue weighted by atomic mass is 9.86. The molecule has 3 unspecified atom stereocenters. The second kappa shape index (κ2) is 5.77. The van der Waals surface area contributed by atoms with E-state index in [9.17, 15) is 0 Å². The molecule has 0 amide bonds. The van der Waals surface area contributed by atoms with E-state index in [-0.39, 0.29) is 0 Å². The van der Waals surface area contributed by atoms with Crippen LogP contribution in [0.5, 0.6) is 0 Å². The van der Waals surface area contributed by atoms with Crippen LogP contribution in [0.2, 0.25) is 0 Å². The van der Waals surface area contributed by atoms with Crippen molar-refractivity contribution in [1.82, 2.24) is 10.6 Å². The third-order valence-electron chi connectivity index (χ3n) is 4.73. The first kappa shape index (κ1) is 14.1. The van der Waals surface area contributed by atoms with E-state index in [4.69, 9.17) is 12.2 Å². The SMILES string of the molecule is CC1CCCCC1NC(=S)NC1CCC(C)(C)C1. The van der Waals surface area contributed by atoms with Crippen molar-refractivity contribution in [3.63, 3.8) is 0 Å². The molecule has 0 spiro atoms. The van der Waals surface area contributed by atoms with E-state index >= 15 is 0 Å².